The minimum Gasteiger partial charge on any atom is -0.495 e. The number of esters is 1. The Morgan fingerprint density at radius 1 is 1.02 bits per heavy atom. The van der Waals surface area contributed by atoms with E-state index in [-0.39, 0.29) is 49.5 Å². The van der Waals surface area contributed by atoms with Crippen molar-refractivity contribution in [2.75, 3.05) is 13.7 Å². The molecular weight excluding hydrogens is 662 g/mol. The van der Waals surface area contributed by atoms with Gasteiger partial charge in [-0.25, -0.2) is 4.79 Å². The van der Waals surface area contributed by atoms with Crippen molar-refractivity contribution in [2.45, 2.75) is 97.8 Å². The molecule has 0 spiro atoms. The van der Waals surface area contributed by atoms with Crippen LogP contribution in [-0.4, -0.2) is 66.7 Å². The second kappa shape index (κ2) is 16.4. The number of aliphatic hydroxyl groups is 1. The minimum atomic E-state index is -1.12. The highest BCUT2D eigenvalue weighted by atomic mass is 35.5. The van der Waals surface area contributed by atoms with Gasteiger partial charge in [-0.1, -0.05) is 75.7 Å². The highest BCUT2D eigenvalue weighted by Crippen LogP contribution is 2.45. The van der Waals surface area contributed by atoms with Crippen molar-refractivity contribution in [3.8, 4) is 5.75 Å². The summed E-state index contributed by atoms with van der Waals surface area (Å²) in [6.45, 7) is 11.1. The van der Waals surface area contributed by atoms with Crippen LogP contribution in [0.1, 0.15) is 77.2 Å². The lowest BCUT2D eigenvalue weighted by Gasteiger charge is -2.32. The predicted octanol–water partition coefficient (Wildman–Crippen LogP) is 4.58. The van der Waals surface area contributed by atoms with E-state index < -0.39 is 47.3 Å². The van der Waals surface area contributed by atoms with E-state index in [1.807, 2.05) is 52.0 Å². The molecule has 2 aliphatic heterocycles. The number of epoxide rings is 1. The summed E-state index contributed by atoms with van der Waals surface area (Å²) >= 11 is 6.34. The Morgan fingerprint density at radius 2 is 1.70 bits per heavy atom. The molecule has 1 saturated heterocycles. The summed E-state index contributed by atoms with van der Waals surface area (Å²) in [5, 5.41) is 18.3. The zero-order valence-corrected chi connectivity index (χ0v) is 30.6. The van der Waals surface area contributed by atoms with Gasteiger partial charge in [0.25, 0.3) is 0 Å². The molecule has 11 nitrogen and oxygen atoms in total. The molecule has 0 aliphatic carbocycles. The average Bonchev–Trinajstić information content (AvgIpc) is 3.86. The van der Waals surface area contributed by atoms with E-state index >= 15 is 0 Å². The summed E-state index contributed by atoms with van der Waals surface area (Å²) in [7, 11) is 1.51. The quantitative estimate of drug-likeness (QED) is 0.229. The van der Waals surface area contributed by atoms with Gasteiger partial charge in [0.15, 0.2) is 0 Å². The maximum Gasteiger partial charge on any atom is 0.328 e. The van der Waals surface area contributed by atoms with Gasteiger partial charge >= 0.3 is 5.97 Å². The largest absolute Gasteiger partial charge is 0.495 e. The van der Waals surface area contributed by atoms with Gasteiger partial charge in [-0.2, -0.15) is 0 Å². The normalized spacial score (nSPS) is 26.1. The topological polar surface area (TPSA) is 156 Å². The van der Waals surface area contributed by atoms with Gasteiger partial charge < -0.3 is 35.3 Å². The molecule has 272 valence electrons. The monoisotopic (exact) mass is 711 g/mol. The first-order chi connectivity index (χ1) is 23.5. The summed E-state index contributed by atoms with van der Waals surface area (Å²) in [4.78, 5) is 54.2. The molecule has 0 bridgehead atoms. The molecule has 2 heterocycles. The number of hydrogen-bond acceptors (Lipinski definition) is 8. The maximum atomic E-state index is 13.8. The van der Waals surface area contributed by atoms with Crippen molar-refractivity contribution in [3.05, 3.63) is 76.3 Å². The van der Waals surface area contributed by atoms with Crippen LogP contribution in [0.25, 0.3) is 0 Å². The van der Waals surface area contributed by atoms with E-state index in [0.717, 1.165) is 11.1 Å². The first-order valence-corrected chi connectivity index (χ1v) is 17.3. The second-order valence-corrected chi connectivity index (χ2v) is 15.4. The number of aliphatic hydroxyl groups excluding tert-OH is 1. The lowest BCUT2D eigenvalue weighted by molar-refractivity contribution is -0.157. The van der Waals surface area contributed by atoms with Crippen molar-refractivity contribution < 1.29 is 38.5 Å². The molecule has 4 rings (SSSR count). The Balaban J connectivity index is 1.62. The molecular formula is C38H50ClN3O8. The predicted molar refractivity (Wildman–Crippen MR) is 189 cm³/mol. The van der Waals surface area contributed by atoms with Crippen molar-refractivity contribution >= 4 is 35.3 Å². The Kier molecular flexibility index (Phi) is 12.7. The summed E-state index contributed by atoms with van der Waals surface area (Å²) in [6.07, 6.45) is 2.39. The van der Waals surface area contributed by atoms with Crippen molar-refractivity contribution in [1.82, 2.24) is 16.0 Å². The number of halogens is 1. The summed E-state index contributed by atoms with van der Waals surface area (Å²) < 4.78 is 17.4. The van der Waals surface area contributed by atoms with Gasteiger partial charge in [0.2, 0.25) is 17.7 Å². The SMILES string of the molecule is COc1ccc(C[C@H]2NC(=O)/C=C/C[C@@H]([C@H](C)[C@H]3O[C@@H]3c3ccc(CO)cc3)OC(=O)[C@H](CC(C)(C)C)NC(=O)C(C)(C)CNC2=O)cc1Cl. The molecule has 0 radical (unpaired) electrons. The molecule has 6 atom stereocenters. The molecule has 2 aromatic rings. The molecule has 50 heavy (non-hydrogen) atoms. The Hall–Kier alpha value is -3.93. The first kappa shape index (κ1) is 38.9. The van der Waals surface area contributed by atoms with Crippen LogP contribution < -0.4 is 20.7 Å². The molecule has 0 aromatic heterocycles. The molecule has 1 fully saturated rings. The number of carbonyl (C=O) groups excluding carboxylic acids is 4. The smallest absolute Gasteiger partial charge is 0.328 e. The average molecular weight is 712 g/mol. The number of rotatable bonds is 8. The molecule has 4 N–H and O–H groups in total. The van der Waals surface area contributed by atoms with Crippen molar-refractivity contribution in [2.24, 2.45) is 16.7 Å². The minimum absolute atomic E-state index is 0.0557. The number of amides is 3. The fourth-order valence-electron chi connectivity index (χ4n) is 5.90. The molecule has 0 saturated carbocycles. The van der Waals surface area contributed by atoms with Crippen molar-refractivity contribution in [3.63, 3.8) is 0 Å². The lowest BCUT2D eigenvalue weighted by atomic mass is 9.86. The Bertz CT molecular complexity index is 1570. The van der Waals surface area contributed by atoms with Crippen LogP contribution in [0, 0.1) is 16.7 Å². The molecule has 0 unspecified atom stereocenters. The molecule has 12 heteroatoms. The van der Waals surface area contributed by atoms with E-state index in [0.29, 0.717) is 22.8 Å². The van der Waals surface area contributed by atoms with E-state index in [1.54, 1.807) is 38.1 Å². The number of carbonyl (C=O) groups is 4. The summed E-state index contributed by atoms with van der Waals surface area (Å²) in [6, 6.07) is 10.7. The first-order valence-electron chi connectivity index (χ1n) is 16.9. The van der Waals surface area contributed by atoms with E-state index in [2.05, 4.69) is 16.0 Å². The van der Waals surface area contributed by atoms with Crippen LogP contribution in [0.15, 0.2) is 54.6 Å². The Morgan fingerprint density at radius 3 is 2.32 bits per heavy atom. The zero-order chi connectivity index (χ0) is 36.8. The fraction of sp³-hybridized carbons (Fsp3) is 0.526. The number of cyclic esters (lactones) is 1. The number of hydrogen-bond donors (Lipinski definition) is 4. The van der Waals surface area contributed by atoms with E-state index in [9.17, 15) is 24.3 Å². The van der Waals surface area contributed by atoms with Gasteiger partial charge in [0.1, 0.15) is 30.0 Å². The third kappa shape index (κ3) is 10.5. The Labute approximate surface area is 299 Å². The summed E-state index contributed by atoms with van der Waals surface area (Å²) in [5.41, 5.74) is 0.974. The van der Waals surface area contributed by atoms with E-state index in [4.69, 9.17) is 25.8 Å². The molecule has 2 aliphatic rings. The highest BCUT2D eigenvalue weighted by molar-refractivity contribution is 6.32. The highest BCUT2D eigenvalue weighted by Gasteiger charge is 2.48. The number of benzene rings is 2. The van der Waals surface area contributed by atoms with Gasteiger partial charge in [0, 0.05) is 25.3 Å². The fourth-order valence-corrected chi connectivity index (χ4v) is 6.18. The third-order valence-electron chi connectivity index (χ3n) is 9.04. The van der Waals surface area contributed by atoms with Crippen molar-refractivity contribution in [1.29, 1.82) is 0 Å². The molecule has 3 amide bonds. The van der Waals surface area contributed by atoms with Crippen LogP contribution in [0.2, 0.25) is 5.02 Å². The van der Waals surface area contributed by atoms with Crippen LogP contribution >= 0.6 is 11.6 Å². The number of nitrogens with one attached hydrogen (secondary N) is 3. The van der Waals surface area contributed by atoms with Gasteiger partial charge in [-0.15, -0.1) is 0 Å². The van der Waals surface area contributed by atoms with Gasteiger partial charge in [0.05, 0.1) is 30.3 Å². The third-order valence-corrected chi connectivity index (χ3v) is 9.34. The number of methoxy groups -OCH3 is 1. The summed E-state index contributed by atoms with van der Waals surface area (Å²) in [5.74, 6) is -1.81. The van der Waals surface area contributed by atoms with Crippen LogP contribution in [-0.2, 0) is 41.7 Å². The standard InChI is InChI=1S/C38H50ClN3O8/c1-22(32-33(50-32)25-14-11-23(20-43)12-15-25)29-9-8-10-31(44)41-27(18-24-13-16-30(48-7)26(39)17-24)34(45)40-21-38(5,6)36(47)42-28(35(46)49-29)19-37(2,3)4/h8,10-17,22,27-29,32-33,43H,9,18-21H2,1-7H3,(H,40,45)(H,41,44)(H,42,47)/b10-8+/t22-,27+,28-,29-,32+,33+/m0/s1. The van der Waals surface area contributed by atoms with Crippen LogP contribution in [0.5, 0.6) is 5.75 Å². The second-order valence-electron chi connectivity index (χ2n) is 15.0. The van der Waals surface area contributed by atoms with Crippen LogP contribution in [0.3, 0.4) is 0 Å². The van der Waals surface area contributed by atoms with Gasteiger partial charge in [-0.05, 0) is 60.6 Å². The molecule has 2 aromatic carbocycles. The van der Waals surface area contributed by atoms with Gasteiger partial charge in [-0.3, -0.25) is 14.4 Å². The maximum absolute atomic E-state index is 13.8. The lowest BCUT2D eigenvalue weighted by Crippen LogP contribution is -2.54. The van der Waals surface area contributed by atoms with Crippen LogP contribution in [0.4, 0.5) is 0 Å². The zero-order valence-electron chi connectivity index (χ0n) is 29.9. The number of ether oxygens (including phenoxy) is 3. The van der Waals surface area contributed by atoms with E-state index in [1.165, 1.54) is 13.2 Å².